The molecule has 0 fully saturated rings. The van der Waals surface area contributed by atoms with E-state index in [-0.39, 0.29) is 0 Å². The Morgan fingerprint density at radius 2 is 1.39 bits per heavy atom. The van der Waals surface area contributed by atoms with Crippen LogP contribution in [0.2, 0.25) is 0 Å². The molecule has 3 rings (SSSR count). The zero-order valence-electron chi connectivity index (χ0n) is 19.3. The molecule has 0 unspecified atom stereocenters. The molecule has 0 amide bonds. The number of hydrogen-bond donors (Lipinski definition) is 3. The molecule has 0 aliphatic carbocycles. The molecule has 2 aromatic carbocycles. The van der Waals surface area contributed by atoms with Crippen molar-refractivity contribution in [3.05, 3.63) is 77.1 Å². The Labute approximate surface area is 193 Å². The number of ether oxygens (including phenoxy) is 2. The smallest absolute Gasteiger partial charge is 0.414 e. The topological polar surface area (TPSA) is 110 Å². The Bertz CT molecular complexity index is 1040. The first-order valence-corrected chi connectivity index (χ1v) is 10.4. The summed E-state index contributed by atoms with van der Waals surface area (Å²) >= 11 is 0. The van der Waals surface area contributed by atoms with E-state index in [0.717, 1.165) is 36.7 Å². The van der Waals surface area contributed by atoms with Crippen LogP contribution in [-0.4, -0.2) is 47.5 Å². The van der Waals surface area contributed by atoms with Crippen LogP contribution in [-0.2, 0) is 22.6 Å². The van der Waals surface area contributed by atoms with Gasteiger partial charge in [0, 0.05) is 23.6 Å². The predicted octanol–water partition coefficient (Wildman–Crippen LogP) is 3.60. The summed E-state index contributed by atoms with van der Waals surface area (Å²) in [5.74, 6) is -1.87. The Hall–Kier alpha value is -3.78. The number of rotatable bonds is 8. The molecule has 8 heteroatoms. The molecule has 0 saturated carbocycles. The molecule has 8 nitrogen and oxygen atoms in total. The molecule has 3 aromatic rings. The van der Waals surface area contributed by atoms with Crippen molar-refractivity contribution < 1.29 is 29.3 Å². The minimum atomic E-state index is -1.82. The third kappa shape index (κ3) is 7.40. The number of aromatic nitrogens is 1. The van der Waals surface area contributed by atoms with Gasteiger partial charge in [0.15, 0.2) is 0 Å². The van der Waals surface area contributed by atoms with Gasteiger partial charge in [-0.05, 0) is 80.4 Å². The van der Waals surface area contributed by atoms with Gasteiger partial charge in [0.2, 0.25) is 0 Å². The van der Waals surface area contributed by atoms with E-state index in [2.05, 4.69) is 54.1 Å². The summed E-state index contributed by atoms with van der Waals surface area (Å²) in [6, 6.07) is 18.7. The molecule has 0 bridgehead atoms. The molecule has 0 saturated heterocycles. The predicted molar refractivity (Wildman–Crippen MR) is 125 cm³/mol. The first-order valence-electron chi connectivity index (χ1n) is 10.4. The van der Waals surface area contributed by atoms with Gasteiger partial charge in [-0.25, -0.2) is 9.59 Å². The molecule has 33 heavy (non-hydrogen) atoms. The van der Waals surface area contributed by atoms with Crippen LogP contribution >= 0.6 is 0 Å². The number of methoxy groups -OCH3 is 2. The molecule has 176 valence electrons. The van der Waals surface area contributed by atoms with Crippen LogP contribution in [0.1, 0.15) is 22.5 Å². The Morgan fingerprint density at radius 1 is 0.879 bits per heavy atom. The van der Waals surface area contributed by atoms with Gasteiger partial charge in [-0.3, -0.25) is 0 Å². The van der Waals surface area contributed by atoms with Crippen molar-refractivity contribution in [2.75, 3.05) is 20.8 Å². The second-order valence-electron chi connectivity index (χ2n) is 7.31. The van der Waals surface area contributed by atoms with Crippen LogP contribution in [0, 0.1) is 13.8 Å². The molecule has 3 N–H and O–H groups in total. The van der Waals surface area contributed by atoms with Gasteiger partial charge in [-0.2, -0.15) is 0 Å². The number of carboxylic acids is 2. The standard InChI is InChI=1S/C23H28N2O2.C2H2O4/c1-17-15-20(16-24-14-13-19-5-9-22(26-3)10-6-19)18(2)25(17)21-7-11-23(27-4)12-8-21;3-1(4)2(5)6/h5-12,15,24H,13-14,16H2,1-4H3;(H,3,4)(H,5,6). The second kappa shape index (κ2) is 12.3. The molecule has 0 atom stereocenters. The van der Waals surface area contributed by atoms with Gasteiger partial charge >= 0.3 is 11.9 Å². The second-order valence-corrected chi connectivity index (χ2v) is 7.31. The van der Waals surface area contributed by atoms with Crippen LogP contribution in [0.3, 0.4) is 0 Å². The SMILES string of the molecule is COc1ccc(CCNCc2cc(C)n(-c3ccc(OC)cc3)c2C)cc1.O=C(O)C(=O)O. The van der Waals surface area contributed by atoms with Crippen LogP contribution in [0.25, 0.3) is 5.69 Å². The van der Waals surface area contributed by atoms with Crippen molar-refractivity contribution in [3.63, 3.8) is 0 Å². The van der Waals surface area contributed by atoms with Gasteiger partial charge in [0.1, 0.15) is 11.5 Å². The molecule has 1 heterocycles. The lowest BCUT2D eigenvalue weighted by atomic mass is 10.1. The number of nitrogens with zero attached hydrogens (tertiary/aromatic N) is 1. The zero-order valence-corrected chi connectivity index (χ0v) is 19.3. The average molecular weight is 455 g/mol. The summed E-state index contributed by atoms with van der Waals surface area (Å²) in [6.07, 6.45) is 1.00. The van der Waals surface area contributed by atoms with E-state index in [4.69, 9.17) is 29.3 Å². The minimum absolute atomic E-state index is 0.867. The van der Waals surface area contributed by atoms with Gasteiger partial charge in [-0.15, -0.1) is 0 Å². The number of benzene rings is 2. The Morgan fingerprint density at radius 3 is 1.88 bits per heavy atom. The summed E-state index contributed by atoms with van der Waals surface area (Å²) in [7, 11) is 3.38. The van der Waals surface area contributed by atoms with E-state index in [1.54, 1.807) is 14.2 Å². The number of aliphatic carboxylic acids is 2. The quantitative estimate of drug-likeness (QED) is 0.352. The van der Waals surface area contributed by atoms with Gasteiger partial charge < -0.3 is 29.6 Å². The Kier molecular flexibility index (Phi) is 9.50. The highest BCUT2D eigenvalue weighted by Gasteiger charge is 2.10. The highest BCUT2D eigenvalue weighted by atomic mass is 16.5. The lowest BCUT2D eigenvalue weighted by molar-refractivity contribution is -0.159. The van der Waals surface area contributed by atoms with Crippen molar-refractivity contribution in [2.45, 2.75) is 26.8 Å². The molecule has 1 aromatic heterocycles. The lowest BCUT2D eigenvalue weighted by Crippen LogP contribution is -2.17. The highest BCUT2D eigenvalue weighted by Crippen LogP contribution is 2.22. The summed E-state index contributed by atoms with van der Waals surface area (Å²) in [5, 5.41) is 18.3. The van der Waals surface area contributed by atoms with Crippen molar-refractivity contribution in [3.8, 4) is 17.2 Å². The molecular formula is C25H30N2O6. The normalized spacial score (nSPS) is 10.2. The van der Waals surface area contributed by atoms with Crippen LogP contribution in [0.4, 0.5) is 0 Å². The minimum Gasteiger partial charge on any atom is -0.497 e. The van der Waals surface area contributed by atoms with E-state index in [0.29, 0.717) is 0 Å². The third-order valence-electron chi connectivity index (χ3n) is 5.11. The zero-order chi connectivity index (χ0) is 24.4. The molecule has 0 aliphatic heterocycles. The maximum Gasteiger partial charge on any atom is 0.414 e. The fraction of sp³-hybridized carbons (Fsp3) is 0.280. The lowest BCUT2D eigenvalue weighted by Gasteiger charge is -2.11. The van der Waals surface area contributed by atoms with E-state index in [1.807, 2.05) is 24.3 Å². The molecule has 0 aliphatic rings. The first-order chi connectivity index (χ1) is 15.8. The summed E-state index contributed by atoms with van der Waals surface area (Å²) < 4.78 is 12.8. The molecule has 0 spiro atoms. The van der Waals surface area contributed by atoms with Crippen molar-refractivity contribution in [1.29, 1.82) is 0 Å². The van der Waals surface area contributed by atoms with E-state index < -0.39 is 11.9 Å². The largest absolute Gasteiger partial charge is 0.497 e. The summed E-state index contributed by atoms with van der Waals surface area (Å²) in [4.78, 5) is 18.2. The van der Waals surface area contributed by atoms with Crippen LogP contribution < -0.4 is 14.8 Å². The average Bonchev–Trinajstić information content (AvgIpc) is 3.10. The van der Waals surface area contributed by atoms with E-state index >= 15 is 0 Å². The summed E-state index contributed by atoms with van der Waals surface area (Å²) in [5.41, 5.74) is 6.32. The van der Waals surface area contributed by atoms with Gasteiger partial charge in [0.25, 0.3) is 0 Å². The van der Waals surface area contributed by atoms with Crippen LogP contribution in [0.5, 0.6) is 11.5 Å². The number of carbonyl (C=O) groups is 2. The fourth-order valence-corrected chi connectivity index (χ4v) is 3.38. The van der Waals surface area contributed by atoms with Crippen LogP contribution in [0.15, 0.2) is 54.6 Å². The van der Waals surface area contributed by atoms with Gasteiger partial charge in [-0.1, -0.05) is 12.1 Å². The number of aryl methyl sites for hydroxylation is 1. The fourth-order valence-electron chi connectivity index (χ4n) is 3.38. The summed E-state index contributed by atoms with van der Waals surface area (Å²) in [6.45, 7) is 6.14. The number of carboxylic acid groups (broad SMARTS) is 2. The number of hydrogen-bond acceptors (Lipinski definition) is 5. The van der Waals surface area contributed by atoms with E-state index in [1.165, 1.54) is 22.5 Å². The van der Waals surface area contributed by atoms with Crippen molar-refractivity contribution >= 4 is 11.9 Å². The number of nitrogens with one attached hydrogen (secondary N) is 1. The molecule has 0 radical (unpaired) electrons. The third-order valence-corrected chi connectivity index (χ3v) is 5.11. The van der Waals surface area contributed by atoms with Crippen molar-refractivity contribution in [2.24, 2.45) is 0 Å². The van der Waals surface area contributed by atoms with Crippen molar-refractivity contribution in [1.82, 2.24) is 9.88 Å². The Balaban J connectivity index is 0.000000569. The monoisotopic (exact) mass is 454 g/mol. The maximum absolute atomic E-state index is 9.10. The highest BCUT2D eigenvalue weighted by molar-refractivity contribution is 6.27. The maximum atomic E-state index is 9.10. The van der Waals surface area contributed by atoms with E-state index in [9.17, 15) is 0 Å². The molecular weight excluding hydrogens is 424 g/mol. The van der Waals surface area contributed by atoms with Gasteiger partial charge in [0.05, 0.1) is 14.2 Å². The first kappa shape index (κ1) is 25.5.